The van der Waals surface area contributed by atoms with Crippen molar-refractivity contribution in [3.05, 3.63) is 75.8 Å². The third-order valence-corrected chi connectivity index (χ3v) is 5.20. The number of hydrogen-bond acceptors (Lipinski definition) is 6. The van der Waals surface area contributed by atoms with Crippen LogP contribution in [0.1, 0.15) is 17.5 Å². The molecule has 1 fully saturated rings. The van der Waals surface area contributed by atoms with E-state index in [1.165, 1.54) is 24.3 Å². The smallest absolute Gasteiger partial charge is 0.269 e. The number of nitrogens with zero attached hydrogens (tertiary/aromatic N) is 1. The summed E-state index contributed by atoms with van der Waals surface area (Å²) in [5.41, 5.74) is 6.70. The maximum absolute atomic E-state index is 12.4. The van der Waals surface area contributed by atoms with Crippen LogP contribution in [0.5, 0.6) is 0 Å². The van der Waals surface area contributed by atoms with Crippen LogP contribution in [0.25, 0.3) is 0 Å². The number of nitrogens with one attached hydrogen (secondary N) is 3. The fraction of sp³-hybridized carbons (Fsp3) is 0.273. The van der Waals surface area contributed by atoms with Crippen LogP contribution < -0.4 is 21.7 Å². The Balaban J connectivity index is 1.56. The van der Waals surface area contributed by atoms with Crippen molar-refractivity contribution in [3.63, 3.8) is 0 Å². The molecule has 0 unspecified atom stereocenters. The van der Waals surface area contributed by atoms with Gasteiger partial charge >= 0.3 is 0 Å². The van der Waals surface area contributed by atoms with Gasteiger partial charge in [-0.15, -0.1) is 0 Å². The number of primary amides is 1. The van der Waals surface area contributed by atoms with E-state index >= 15 is 0 Å². The minimum absolute atomic E-state index is 0.0153. The van der Waals surface area contributed by atoms with E-state index in [9.17, 15) is 29.3 Å². The molecule has 0 saturated carbocycles. The van der Waals surface area contributed by atoms with E-state index in [0.717, 1.165) is 5.56 Å². The second kappa shape index (κ2) is 10.4. The average Bonchev–Trinajstić information content (AvgIpc) is 2.77. The van der Waals surface area contributed by atoms with Crippen molar-refractivity contribution in [1.82, 2.24) is 16.0 Å². The zero-order valence-electron chi connectivity index (χ0n) is 17.5. The average molecular weight is 453 g/mol. The Labute approximate surface area is 188 Å². The minimum atomic E-state index is -1.09. The van der Waals surface area contributed by atoms with E-state index in [4.69, 9.17) is 5.73 Å². The summed E-state index contributed by atoms with van der Waals surface area (Å²) in [6.45, 7) is 0. The first-order valence-electron chi connectivity index (χ1n) is 10.2. The summed E-state index contributed by atoms with van der Waals surface area (Å²) >= 11 is 0. The number of amides is 4. The molecule has 0 aliphatic carbocycles. The number of rotatable bonds is 9. The Morgan fingerprint density at radius 1 is 0.970 bits per heavy atom. The fourth-order valence-electron chi connectivity index (χ4n) is 3.46. The number of carbonyl (C=O) groups is 4. The number of hydrogen-bond donors (Lipinski definition) is 4. The summed E-state index contributed by atoms with van der Waals surface area (Å²) in [6.07, 6.45) is -0.0442. The van der Waals surface area contributed by atoms with E-state index in [1.54, 1.807) is 0 Å². The van der Waals surface area contributed by atoms with E-state index < -0.39 is 46.7 Å². The zero-order chi connectivity index (χ0) is 24.0. The Hall–Kier alpha value is -4.28. The number of nitrogens with two attached hydrogens (primary N) is 1. The lowest BCUT2D eigenvalue weighted by Gasteiger charge is -2.29. The molecule has 2 aromatic rings. The molecule has 4 amide bonds. The van der Waals surface area contributed by atoms with Crippen molar-refractivity contribution >= 4 is 29.3 Å². The predicted molar refractivity (Wildman–Crippen MR) is 117 cm³/mol. The van der Waals surface area contributed by atoms with Gasteiger partial charge in [0, 0.05) is 25.0 Å². The van der Waals surface area contributed by atoms with Crippen molar-refractivity contribution in [1.29, 1.82) is 0 Å². The Morgan fingerprint density at radius 3 is 2.18 bits per heavy atom. The van der Waals surface area contributed by atoms with Gasteiger partial charge in [0.1, 0.15) is 18.1 Å². The number of carbonyl (C=O) groups excluding carboxylic acids is 4. The molecule has 0 aromatic heterocycles. The third-order valence-electron chi connectivity index (χ3n) is 5.20. The first-order valence-corrected chi connectivity index (χ1v) is 10.2. The standard InChI is InChI=1S/C22H23N5O6/c23-20(29)16(10-14-6-8-15(9-7-14)27(32)33)24-19(28)12-18-22(31)25-17(21(30)26-18)11-13-4-2-1-3-5-13/h1-9,16-18H,10-12H2,(H2,23,29)(H,24,28)(H,25,31)(H,26,30)/t16-,17+,18+/m1/s1. The van der Waals surface area contributed by atoms with Crippen LogP contribution in [0.15, 0.2) is 54.6 Å². The topological polar surface area (TPSA) is 174 Å². The molecule has 1 aliphatic rings. The molecule has 0 radical (unpaired) electrons. The first kappa shape index (κ1) is 23.4. The van der Waals surface area contributed by atoms with Gasteiger partial charge in [-0.05, 0) is 11.1 Å². The van der Waals surface area contributed by atoms with E-state index in [1.807, 2.05) is 30.3 Å². The minimum Gasteiger partial charge on any atom is -0.368 e. The highest BCUT2D eigenvalue weighted by Crippen LogP contribution is 2.14. The van der Waals surface area contributed by atoms with Crippen LogP contribution >= 0.6 is 0 Å². The maximum Gasteiger partial charge on any atom is 0.269 e. The van der Waals surface area contributed by atoms with Gasteiger partial charge in [-0.25, -0.2) is 0 Å². The van der Waals surface area contributed by atoms with Crippen LogP contribution in [-0.4, -0.2) is 46.7 Å². The van der Waals surface area contributed by atoms with Gasteiger partial charge in [0.15, 0.2) is 0 Å². The van der Waals surface area contributed by atoms with Gasteiger partial charge in [0.25, 0.3) is 5.69 Å². The highest BCUT2D eigenvalue weighted by molar-refractivity contribution is 5.99. The van der Waals surface area contributed by atoms with Gasteiger partial charge in [-0.1, -0.05) is 42.5 Å². The molecule has 3 atom stereocenters. The summed E-state index contributed by atoms with van der Waals surface area (Å²) < 4.78 is 0. The molecule has 5 N–H and O–H groups in total. The largest absolute Gasteiger partial charge is 0.368 e. The quantitative estimate of drug-likeness (QED) is 0.300. The molecular formula is C22H23N5O6. The van der Waals surface area contributed by atoms with Crippen LogP contribution in [0, 0.1) is 10.1 Å². The fourth-order valence-corrected chi connectivity index (χ4v) is 3.46. The third kappa shape index (κ3) is 6.35. The number of nitro groups is 1. The van der Waals surface area contributed by atoms with Crippen LogP contribution in [0.4, 0.5) is 5.69 Å². The summed E-state index contributed by atoms with van der Waals surface area (Å²) in [5, 5.41) is 18.4. The molecule has 33 heavy (non-hydrogen) atoms. The van der Waals surface area contributed by atoms with Crippen molar-refractivity contribution < 1.29 is 24.1 Å². The molecule has 0 bridgehead atoms. The Bertz CT molecular complexity index is 1060. The summed E-state index contributed by atoms with van der Waals surface area (Å²) in [7, 11) is 0. The van der Waals surface area contributed by atoms with E-state index in [0.29, 0.717) is 12.0 Å². The van der Waals surface area contributed by atoms with Gasteiger partial charge in [0.2, 0.25) is 23.6 Å². The summed E-state index contributed by atoms with van der Waals surface area (Å²) in [6, 6.07) is 11.7. The molecule has 2 aromatic carbocycles. The highest BCUT2D eigenvalue weighted by atomic mass is 16.6. The van der Waals surface area contributed by atoms with Gasteiger partial charge in [0.05, 0.1) is 11.3 Å². The molecule has 1 saturated heterocycles. The Kier molecular flexibility index (Phi) is 7.34. The van der Waals surface area contributed by atoms with E-state index in [2.05, 4.69) is 16.0 Å². The second-order valence-corrected chi connectivity index (χ2v) is 7.67. The number of non-ortho nitro benzene ring substituents is 1. The number of piperazine rings is 1. The SMILES string of the molecule is NC(=O)[C@@H](Cc1ccc([N+](=O)[O-])cc1)NC(=O)C[C@@H]1NC(=O)[C@H](Cc2ccccc2)NC1=O. The van der Waals surface area contributed by atoms with Crippen molar-refractivity contribution in [2.75, 3.05) is 0 Å². The van der Waals surface area contributed by atoms with Crippen LogP contribution in [0.2, 0.25) is 0 Å². The molecule has 3 rings (SSSR count). The van der Waals surface area contributed by atoms with E-state index in [-0.39, 0.29) is 18.5 Å². The van der Waals surface area contributed by atoms with Crippen LogP contribution in [0.3, 0.4) is 0 Å². The normalized spacial score (nSPS) is 18.5. The first-order chi connectivity index (χ1) is 15.7. The zero-order valence-corrected chi connectivity index (χ0v) is 17.5. The molecule has 1 heterocycles. The van der Waals surface area contributed by atoms with Gasteiger partial charge < -0.3 is 21.7 Å². The Morgan fingerprint density at radius 2 is 1.58 bits per heavy atom. The molecule has 172 valence electrons. The number of benzene rings is 2. The lowest BCUT2D eigenvalue weighted by atomic mass is 10.0. The van der Waals surface area contributed by atoms with Crippen molar-refractivity contribution in [2.24, 2.45) is 5.73 Å². The monoisotopic (exact) mass is 453 g/mol. The van der Waals surface area contributed by atoms with Crippen molar-refractivity contribution in [3.8, 4) is 0 Å². The maximum atomic E-state index is 12.4. The second-order valence-electron chi connectivity index (χ2n) is 7.67. The predicted octanol–water partition coefficient (Wildman–Crippen LogP) is -0.277. The molecule has 11 heteroatoms. The van der Waals surface area contributed by atoms with Gasteiger partial charge in [-0.2, -0.15) is 0 Å². The number of nitro benzene ring substituents is 1. The molecule has 0 spiro atoms. The highest BCUT2D eigenvalue weighted by Gasteiger charge is 2.35. The molecular weight excluding hydrogens is 430 g/mol. The summed E-state index contributed by atoms with van der Waals surface area (Å²) in [4.78, 5) is 59.3. The lowest BCUT2D eigenvalue weighted by molar-refractivity contribution is -0.384. The lowest BCUT2D eigenvalue weighted by Crippen LogP contribution is -2.63. The van der Waals surface area contributed by atoms with Gasteiger partial charge in [-0.3, -0.25) is 29.3 Å². The molecule has 11 nitrogen and oxygen atoms in total. The summed E-state index contributed by atoms with van der Waals surface area (Å²) in [5.74, 6) is -2.37. The molecule has 1 aliphatic heterocycles. The van der Waals surface area contributed by atoms with Crippen LogP contribution in [-0.2, 0) is 32.0 Å². The van der Waals surface area contributed by atoms with Crippen molar-refractivity contribution in [2.45, 2.75) is 37.4 Å².